The van der Waals surface area contributed by atoms with Gasteiger partial charge in [0.05, 0.1) is 6.61 Å². The molecule has 55 heavy (non-hydrogen) atoms. The Morgan fingerprint density at radius 3 is 2.31 bits per heavy atom. The van der Waals surface area contributed by atoms with Crippen LogP contribution in [0.5, 0.6) is 11.5 Å². The van der Waals surface area contributed by atoms with E-state index in [2.05, 4.69) is 81.5 Å². The number of carbonyl (C=O) groups is 3. The number of fused-ring (bicyclic) bond motifs is 2. The molecule has 10 heteroatoms. The third-order valence-corrected chi connectivity index (χ3v) is 12.6. The number of piperidine rings is 2. The van der Waals surface area contributed by atoms with E-state index < -0.39 is 6.04 Å². The van der Waals surface area contributed by atoms with Gasteiger partial charge in [0.1, 0.15) is 17.5 Å². The summed E-state index contributed by atoms with van der Waals surface area (Å²) in [6.07, 6.45) is 2.99. The summed E-state index contributed by atoms with van der Waals surface area (Å²) in [6, 6.07) is 28.9. The number of aromatic hydroxyl groups is 1. The van der Waals surface area contributed by atoms with Gasteiger partial charge < -0.3 is 24.5 Å². The first-order valence-electron chi connectivity index (χ1n) is 19.9. The van der Waals surface area contributed by atoms with Crippen LogP contribution in [0.25, 0.3) is 0 Å². The van der Waals surface area contributed by atoms with Crippen molar-refractivity contribution in [2.24, 2.45) is 5.92 Å². The third kappa shape index (κ3) is 7.04. The van der Waals surface area contributed by atoms with E-state index >= 15 is 0 Å². The highest BCUT2D eigenvalue weighted by Gasteiger charge is 2.39. The number of hydrogen-bond donors (Lipinski definition) is 2. The van der Waals surface area contributed by atoms with Crippen LogP contribution in [-0.2, 0) is 16.1 Å². The number of carbonyl (C=O) groups excluding carboxylic acids is 3. The van der Waals surface area contributed by atoms with Crippen molar-refractivity contribution >= 4 is 29.1 Å². The van der Waals surface area contributed by atoms with E-state index in [1.54, 1.807) is 17.0 Å². The van der Waals surface area contributed by atoms with Crippen LogP contribution >= 0.6 is 0 Å². The van der Waals surface area contributed by atoms with Crippen molar-refractivity contribution in [3.63, 3.8) is 0 Å². The molecule has 5 heterocycles. The van der Waals surface area contributed by atoms with E-state index in [0.717, 1.165) is 68.4 Å². The molecule has 2 N–H and O–H groups in total. The molecule has 9 rings (SSSR count). The number of imide groups is 1. The van der Waals surface area contributed by atoms with Crippen molar-refractivity contribution in [1.82, 2.24) is 15.1 Å². The Hall–Kier alpha value is -5.35. The van der Waals surface area contributed by atoms with E-state index in [9.17, 15) is 19.5 Å². The lowest BCUT2D eigenvalue weighted by atomic mass is 9.75. The Kier molecular flexibility index (Phi) is 9.46. The number of phenols is 1. The second-order valence-electron chi connectivity index (χ2n) is 16.1. The highest BCUT2D eigenvalue weighted by atomic mass is 16.5. The lowest BCUT2D eigenvalue weighted by Gasteiger charge is -2.40. The Labute approximate surface area is 322 Å². The highest BCUT2D eigenvalue weighted by Crippen LogP contribution is 2.47. The Morgan fingerprint density at radius 1 is 0.782 bits per heavy atom. The SMILES string of the molecule is Cc1cccc(C2COc3cc(O)ccc3[C@H]2c2ccc(N3CCC(CN4CCN(c5ccc6c(c5)CN(C5CCC(=O)NC5=O)C6=O)CC4)CC3)cc2)c1. The van der Waals surface area contributed by atoms with Crippen molar-refractivity contribution in [3.8, 4) is 11.5 Å². The van der Waals surface area contributed by atoms with Gasteiger partial charge >= 0.3 is 0 Å². The Balaban J connectivity index is 0.785. The van der Waals surface area contributed by atoms with Crippen LogP contribution in [0.15, 0.2) is 84.9 Å². The summed E-state index contributed by atoms with van der Waals surface area (Å²) < 4.78 is 6.21. The highest BCUT2D eigenvalue weighted by molar-refractivity contribution is 6.05. The predicted octanol–water partition coefficient (Wildman–Crippen LogP) is 5.81. The van der Waals surface area contributed by atoms with Crippen LogP contribution in [-0.4, -0.2) is 91.1 Å². The minimum absolute atomic E-state index is 0.125. The molecule has 0 radical (unpaired) electrons. The summed E-state index contributed by atoms with van der Waals surface area (Å²) in [5.41, 5.74) is 8.92. The summed E-state index contributed by atoms with van der Waals surface area (Å²) in [5.74, 6) is 1.21. The van der Waals surface area contributed by atoms with E-state index in [0.29, 0.717) is 31.1 Å². The Bertz CT molecular complexity index is 2100. The fraction of sp³-hybridized carbons (Fsp3) is 0.400. The van der Waals surface area contributed by atoms with Gasteiger partial charge in [-0.05, 0) is 85.2 Å². The van der Waals surface area contributed by atoms with E-state index in [4.69, 9.17) is 4.74 Å². The van der Waals surface area contributed by atoms with Crippen LogP contribution in [0.4, 0.5) is 11.4 Å². The molecule has 284 valence electrons. The molecule has 4 aromatic carbocycles. The van der Waals surface area contributed by atoms with Crippen LogP contribution in [0.3, 0.4) is 0 Å². The summed E-state index contributed by atoms with van der Waals surface area (Å²) in [4.78, 5) is 46.4. The van der Waals surface area contributed by atoms with Gasteiger partial charge in [-0.2, -0.15) is 0 Å². The average molecular weight is 740 g/mol. The van der Waals surface area contributed by atoms with Gasteiger partial charge in [-0.25, -0.2) is 0 Å². The zero-order valence-electron chi connectivity index (χ0n) is 31.5. The quantitative estimate of drug-likeness (QED) is 0.229. The van der Waals surface area contributed by atoms with Crippen molar-refractivity contribution in [1.29, 1.82) is 0 Å². The molecule has 2 unspecified atom stereocenters. The van der Waals surface area contributed by atoms with Gasteiger partial charge in [0.15, 0.2) is 0 Å². The van der Waals surface area contributed by atoms with Crippen LogP contribution in [0, 0.1) is 12.8 Å². The molecule has 0 saturated carbocycles. The van der Waals surface area contributed by atoms with Crippen LogP contribution in [0.2, 0.25) is 0 Å². The average Bonchev–Trinajstić information content (AvgIpc) is 3.52. The largest absolute Gasteiger partial charge is 0.508 e. The minimum Gasteiger partial charge on any atom is -0.508 e. The van der Waals surface area contributed by atoms with Crippen molar-refractivity contribution in [2.45, 2.75) is 57.0 Å². The summed E-state index contributed by atoms with van der Waals surface area (Å²) >= 11 is 0. The number of hydrogen-bond acceptors (Lipinski definition) is 8. The standard InChI is InChI=1S/C45H49N5O5/c1-29-3-2-4-32(23-29)39-28-55-41-25-36(51)10-12-38(41)43(39)31-5-7-34(8-6-31)48-17-15-30(16-18-48)26-47-19-21-49(22-20-47)35-9-11-37-33(24-35)27-50(45(37)54)40-13-14-42(52)46-44(40)53/h2-12,23-25,30,39-40,43,51H,13-22,26-28H2,1H3,(H,46,52,53)/t39?,40?,43-/m1/s1. The lowest BCUT2D eigenvalue weighted by Crippen LogP contribution is -2.52. The molecule has 4 aromatic rings. The summed E-state index contributed by atoms with van der Waals surface area (Å²) in [7, 11) is 0. The number of amides is 3. The number of aryl methyl sites for hydroxylation is 1. The molecular weight excluding hydrogens is 691 g/mol. The molecule has 0 spiro atoms. The third-order valence-electron chi connectivity index (χ3n) is 12.6. The first-order chi connectivity index (χ1) is 26.8. The maximum atomic E-state index is 13.2. The molecule has 0 aliphatic carbocycles. The smallest absolute Gasteiger partial charge is 0.255 e. The number of benzene rings is 4. The molecule has 10 nitrogen and oxygen atoms in total. The van der Waals surface area contributed by atoms with E-state index in [1.807, 2.05) is 18.2 Å². The number of nitrogens with zero attached hydrogens (tertiary/aromatic N) is 4. The van der Waals surface area contributed by atoms with Crippen LogP contribution in [0.1, 0.15) is 75.7 Å². The number of ether oxygens (including phenoxy) is 1. The van der Waals surface area contributed by atoms with Gasteiger partial charge in [-0.15, -0.1) is 0 Å². The number of rotatable bonds is 7. The number of phenolic OH excluding ortho intramolecular Hbond substituents is 1. The summed E-state index contributed by atoms with van der Waals surface area (Å²) in [5, 5.41) is 12.6. The van der Waals surface area contributed by atoms with Crippen molar-refractivity contribution in [2.75, 3.05) is 62.2 Å². The minimum atomic E-state index is -0.590. The molecular formula is C45H49N5O5. The molecule has 3 fully saturated rings. The second-order valence-corrected chi connectivity index (χ2v) is 16.1. The fourth-order valence-corrected chi connectivity index (χ4v) is 9.58. The topological polar surface area (TPSA) is 106 Å². The second kappa shape index (κ2) is 14.7. The van der Waals surface area contributed by atoms with Crippen LogP contribution < -0.4 is 19.9 Å². The molecule has 0 aromatic heterocycles. The van der Waals surface area contributed by atoms with E-state index in [1.165, 1.54) is 35.2 Å². The van der Waals surface area contributed by atoms with Gasteiger partial charge in [0.2, 0.25) is 11.8 Å². The van der Waals surface area contributed by atoms with Crippen molar-refractivity contribution in [3.05, 3.63) is 118 Å². The molecule has 5 aliphatic rings. The molecule has 0 bridgehead atoms. The normalized spacial score (nSPS) is 23.3. The number of piperazine rings is 1. The monoisotopic (exact) mass is 739 g/mol. The number of nitrogens with one attached hydrogen (secondary N) is 1. The zero-order chi connectivity index (χ0) is 37.6. The molecule has 3 amide bonds. The Morgan fingerprint density at radius 2 is 1.55 bits per heavy atom. The molecule has 3 saturated heterocycles. The molecule has 5 aliphatic heterocycles. The van der Waals surface area contributed by atoms with Crippen molar-refractivity contribution < 1.29 is 24.2 Å². The van der Waals surface area contributed by atoms with E-state index in [-0.39, 0.29) is 41.7 Å². The predicted molar refractivity (Wildman–Crippen MR) is 212 cm³/mol. The number of anilines is 2. The first kappa shape index (κ1) is 35.4. The maximum Gasteiger partial charge on any atom is 0.255 e. The lowest BCUT2D eigenvalue weighted by molar-refractivity contribution is -0.136. The van der Waals surface area contributed by atoms with Gasteiger partial charge in [-0.1, -0.05) is 48.0 Å². The zero-order valence-corrected chi connectivity index (χ0v) is 31.5. The first-order valence-corrected chi connectivity index (χ1v) is 19.9. The van der Waals surface area contributed by atoms with Gasteiger partial charge in [0.25, 0.3) is 5.91 Å². The maximum absolute atomic E-state index is 13.2. The summed E-state index contributed by atoms with van der Waals surface area (Å²) in [6.45, 7) is 10.3. The fourth-order valence-electron chi connectivity index (χ4n) is 9.58. The molecule has 3 atom stereocenters. The van der Waals surface area contributed by atoms with Gasteiger partial charge in [0, 0.05) is 99.2 Å². The van der Waals surface area contributed by atoms with Gasteiger partial charge in [-0.3, -0.25) is 24.6 Å².